The van der Waals surface area contributed by atoms with E-state index >= 15 is 0 Å². The second kappa shape index (κ2) is 16.1. The Morgan fingerprint density at radius 1 is 1.19 bits per heavy atom. The number of hydrogen-bond donors (Lipinski definition) is 2. The minimum Gasteiger partial charge on any atom is -0.481 e. The summed E-state index contributed by atoms with van der Waals surface area (Å²) in [5.74, 6) is 7.30. The van der Waals surface area contributed by atoms with Crippen LogP contribution in [-0.2, 0) is 14.3 Å². The van der Waals surface area contributed by atoms with E-state index in [0.717, 1.165) is 58.0 Å². The van der Waals surface area contributed by atoms with E-state index in [1.54, 1.807) is 0 Å². The van der Waals surface area contributed by atoms with Crippen molar-refractivity contribution in [3.05, 3.63) is 12.7 Å². The van der Waals surface area contributed by atoms with E-state index in [0.29, 0.717) is 12.8 Å². The van der Waals surface area contributed by atoms with Gasteiger partial charge in [-0.05, 0) is 75.7 Å². The zero-order valence-electron chi connectivity index (χ0n) is 19.3. The van der Waals surface area contributed by atoms with E-state index in [1.165, 1.54) is 24.3 Å². The number of hydrogen-bond acceptors (Lipinski definition) is 6. The summed E-state index contributed by atoms with van der Waals surface area (Å²) in [6.45, 7) is 4.67. The van der Waals surface area contributed by atoms with Crippen molar-refractivity contribution in [3.63, 3.8) is 0 Å². The van der Waals surface area contributed by atoms with Crippen molar-refractivity contribution in [1.29, 1.82) is 0 Å². The Kier molecular flexibility index (Phi) is 13.8. The van der Waals surface area contributed by atoms with Crippen LogP contribution < -0.4 is 0 Å². The molecule has 3 atom stereocenters. The lowest BCUT2D eigenvalue weighted by Gasteiger charge is -2.38. The van der Waals surface area contributed by atoms with Gasteiger partial charge in [-0.15, -0.1) is 41.9 Å². The highest BCUT2D eigenvalue weighted by molar-refractivity contribution is 8.18. The van der Waals surface area contributed by atoms with Gasteiger partial charge in [0, 0.05) is 19.4 Å². The average molecular weight is 485 g/mol. The molecule has 0 aromatic rings. The molecule has 7 heteroatoms. The first-order valence-electron chi connectivity index (χ1n) is 12.0. The van der Waals surface area contributed by atoms with Crippen molar-refractivity contribution in [1.82, 2.24) is 0 Å². The summed E-state index contributed by atoms with van der Waals surface area (Å²) in [6, 6.07) is 0. The zero-order chi connectivity index (χ0) is 23.1. The summed E-state index contributed by atoms with van der Waals surface area (Å²) in [5.41, 5.74) is 0. The van der Waals surface area contributed by atoms with Gasteiger partial charge in [0.25, 0.3) is 0 Å². The molecule has 0 bridgehead atoms. The van der Waals surface area contributed by atoms with Crippen LogP contribution in [-0.4, -0.2) is 56.9 Å². The van der Waals surface area contributed by atoms with Crippen LogP contribution in [0, 0.1) is 11.8 Å². The van der Waals surface area contributed by atoms with Gasteiger partial charge in [0.15, 0.2) is 6.29 Å². The summed E-state index contributed by atoms with van der Waals surface area (Å²) < 4.78 is 12.3. The molecule has 0 spiro atoms. The Balaban J connectivity index is 1.84. The predicted molar refractivity (Wildman–Crippen MR) is 134 cm³/mol. The molecule has 182 valence electrons. The van der Waals surface area contributed by atoms with E-state index in [4.69, 9.17) is 14.6 Å². The summed E-state index contributed by atoms with van der Waals surface area (Å²) in [7, 11) is 0. The van der Waals surface area contributed by atoms with Gasteiger partial charge in [-0.25, -0.2) is 0 Å². The lowest BCUT2D eigenvalue weighted by molar-refractivity contribution is -0.190. The van der Waals surface area contributed by atoms with Crippen molar-refractivity contribution < 1.29 is 24.5 Å². The van der Waals surface area contributed by atoms with Gasteiger partial charge in [-0.2, -0.15) is 0 Å². The molecule has 0 radical (unpaired) electrons. The third-order valence-corrected chi connectivity index (χ3v) is 9.39. The molecule has 0 saturated carbocycles. The van der Waals surface area contributed by atoms with Crippen molar-refractivity contribution in [3.8, 4) is 11.8 Å². The number of rotatable bonds is 14. The number of ether oxygens (including phenoxy) is 2. The second-order valence-corrected chi connectivity index (χ2v) is 11.8. The van der Waals surface area contributed by atoms with Crippen LogP contribution in [0.1, 0.15) is 83.5 Å². The highest BCUT2D eigenvalue weighted by Gasteiger charge is 2.35. The smallest absolute Gasteiger partial charge is 0.304 e. The minimum absolute atomic E-state index is 0.0560. The van der Waals surface area contributed by atoms with Crippen LogP contribution in [0.25, 0.3) is 0 Å². The molecule has 32 heavy (non-hydrogen) atoms. The molecule has 2 N–H and O–H groups in total. The van der Waals surface area contributed by atoms with Gasteiger partial charge >= 0.3 is 5.97 Å². The zero-order valence-corrected chi connectivity index (χ0v) is 20.9. The van der Waals surface area contributed by atoms with E-state index in [-0.39, 0.29) is 22.9 Å². The van der Waals surface area contributed by atoms with Gasteiger partial charge in [0.05, 0.1) is 22.7 Å². The maximum atomic E-state index is 10.5. The lowest BCUT2D eigenvalue weighted by Crippen LogP contribution is -2.31. The molecule has 2 heterocycles. The van der Waals surface area contributed by atoms with Gasteiger partial charge in [-0.1, -0.05) is 6.08 Å². The summed E-state index contributed by atoms with van der Waals surface area (Å²) in [4.78, 5) is 10.5. The topological polar surface area (TPSA) is 76.0 Å². The maximum absolute atomic E-state index is 10.5. The van der Waals surface area contributed by atoms with E-state index < -0.39 is 12.1 Å². The molecule has 5 nitrogen and oxygen atoms in total. The molecular weight excluding hydrogens is 444 g/mol. The first kappa shape index (κ1) is 27.6. The molecule has 3 unspecified atom stereocenters. The first-order valence-corrected chi connectivity index (χ1v) is 14.0. The Hall–Kier alpha value is -0.650. The number of allylic oxidation sites excluding steroid dienone is 1. The molecular formula is C25H40O5S2. The van der Waals surface area contributed by atoms with E-state index in [2.05, 4.69) is 18.4 Å². The van der Waals surface area contributed by atoms with Crippen LogP contribution in [0.5, 0.6) is 0 Å². The quantitative estimate of drug-likeness (QED) is 0.245. The predicted octanol–water partition coefficient (Wildman–Crippen LogP) is 5.61. The third-order valence-electron chi connectivity index (χ3n) is 5.83. The molecule has 2 fully saturated rings. The number of carbonyl (C=O) groups is 1. The Morgan fingerprint density at radius 2 is 1.97 bits per heavy atom. The fraction of sp³-hybridized carbons (Fsp3) is 0.800. The SMILES string of the molecule is C=CCCC(CCC1(CCC(O)CC#CCCC(=O)O)SCCCS1)OC1CCCCO1. The van der Waals surface area contributed by atoms with E-state index in [9.17, 15) is 9.90 Å². The summed E-state index contributed by atoms with van der Waals surface area (Å²) in [6.07, 6.45) is 12.6. The highest BCUT2D eigenvalue weighted by atomic mass is 32.2. The van der Waals surface area contributed by atoms with Crippen LogP contribution in [0.2, 0.25) is 0 Å². The van der Waals surface area contributed by atoms with Gasteiger partial charge in [0.2, 0.25) is 0 Å². The van der Waals surface area contributed by atoms with Crippen molar-refractivity contribution in [2.45, 2.75) is 106 Å². The standard InChI is InChI=1S/C25H40O5S2/c1-2-3-11-22(30-24-13-7-8-18-29-24)15-17-25(31-19-9-20-32-25)16-14-21(26)10-5-4-6-12-23(27)28/h2,21-22,24,26H,1,3,6-20H2,(H,27,28). The molecule has 0 aromatic heterocycles. The Bertz CT molecular complexity index is 603. The average Bonchev–Trinajstić information content (AvgIpc) is 2.80. The fourth-order valence-corrected chi connectivity index (χ4v) is 7.35. The number of aliphatic carboxylic acids is 1. The van der Waals surface area contributed by atoms with Crippen LogP contribution in [0.15, 0.2) is 12.7 Å². The van der Waals surface area contributed by atoms with Gasteiger partial charge in [0.1, 0.15) is 0 Å². The Morgan fingerprint density at radius 3 is 2.66 bits per heavy atom. The van der Waals surface area contributed by atoms with Crippen LogP contribution in [0.3, 0.4) is 0 Å². The van der Waals surface area contributed by atoms with Gasteiger partial charge < -0.3 is 19.7 Å². The van der Waals surface area contributed by atoms with Gasteiger partial charge in [-0.3, -0.25) is 4.79 Å². The molecule has 0 amide bonds. The third kappa shape index (κ3) is 11.5. The molecule has 0 aromatic carbocycles. The molecule has 2 saturated heterocycles. The normalized spacial score (nSPS) is 22.3. The van der Waals surface area contributed by atoms with Crippen LogP contribution >= 0.6 is 23.5 Å². The first-order chi connectivity index (χ1) is 15.5. The Labute approximate surface area is 202 Å². The number of aliphatic hydroxyl groups excluding tert-OH is 1. The largest absolute Gasteiger partial charge is 0.481 e. The summed E-state index contributed by atoms with van der Waals surface area (Å²) >= 11 is 4.09. The number of thioether (sulfide) groups is 2. The summed E-state index contributed by atoms with van der Waals surface area (Å²) in [5, 5.41) is 19.1. The number of carboxylic acid groups (broad SMARTS) is 1. The number of aliphatic hydroxyl groups is 1. The van der Waals surface area contributed by atoms with Crippen molar-refractivity contribution in [2.24, 2.45) is 0 Å². The monoisotopic (exact) mass is 484 g/mol. The maximum Gasteiger partial charge on any atom is 0.304 e. The molecule has 2 aliphatic heterocycles. The van der Waals surface area contributed by atoms with E-state index in [1.807, 2.05) is 29.6 Å². The van der Waals surface area contributed by atoms with Crippen LogP contribution in [0.4, 0.5) is 0 Å². The second-order valence-electron chi connectivity index (χ2n) is 8.56. The fourth-order valence-electron chi connectivity index (χ4n) is 3.97. The molecule has 2 rings (SSSR count). The minimum atomic E-state index is -0.835. The van der Waals surface area contributed by atoms with Crippen molar-refractivity contribution in [2.75, 3.05) is 18.1 Å². The number of carboxylic acids is 1. The highest BCUT2D eigenvalue weighted by Crippen LogP contribution is 2.49. The molecule has 0 aliphatic carbocycles. The molecule has 2 aliphatic rings. The van der Waals surface area contributed by atoms with Crippen molar-refractivity contribution >= 4 is 29.5 Å². The lowest BCUT2D eigenvalue weighted by atomic mass is 10.0.